The Hall–Kier alpha value is -2.33. The molecular weight excluding hydrogens is 483 g/mol. The van der Waals surface area contributed by atoms with Gasteiger partial charge in [-0.1, -0.05) is 25.4 Å². The average Bonchev–Trinajstić information content (AvgIpc) is 3.22. The van der Waals surface area contributed by atoms with Crippen LogP contribution in [0.1, 0.15) is 66.3 Å². The van der Waals surface area contributed by atoms with E-state index < -0.39 is 17.5 Å². The van der Waals surface area contributed by atoms with Gasteiger partial charge in [0.1, 0.15) is 16.9 Å². The largest absolute Gasteiger partial charge is 0.389 e. The molecule has 196 valence electrons. The lowest BCUT2D eigenvalue weighted by Crippen LogP contribution is -2.56. The zero-order valence-electron chi connectivity index (χ0n) is 21.8. The predicted molar refractivity (Wildman–Crippen MR) is 141 cm³/mol. The second-order valence-corrected chi connectivity index (χ2v) is 10.7. The van der Waals surface area contributed by atoms with Gasteiger partial charge in [-0.2, -0.15) is 0 Å². The number of rotatable bonds is 7. The van der Waals surface area contributed by atoms with E-state index in [1.165, 1.54) is 12.3 Å². The van der Waals surface area contributed by atoms with Gasteiger partial charge in [0.15, 0.2) is 5.82 Å². The third kappa shape index (κ3) is 4.94. The van der Waals surface area contributed by atoms with Gasteiger partial charge in [0.05, 0.1) is 34.6 Å². The summed E-state index contributed by atoms with van der Waals surface area (Å²) in [6.07, 6.45) is 2.51. The Morgan fingerprint density at radius 2 is 1.97 bits per heavy atom. The Bertz CT molecular complexity index is 1240. The number of aromatic nitrogens is 4. The maximum atomic E-state index is 15.3. The quantitative estimate of drug-likeness (QED) is 0.415. The van der Waals surface area contributed by atoms with E-state index in [1.54, 1.807) is 19.9 Å². The van der Waals surface area contributed by atoms with Crippen LogP contribution in [0.25, 0.3) is 22.3 Å². The van der Waals surface area contributed by atoms with Crippen LogP contribution < -0.4 is 5.32 Å². The fraction of sp³-hybridized carbons (Fsp3) is 0.577. The molecule has 0 radical (unpaired) electrons. The van der Waals surface area contributed by atoms with Crippen molar-refractivity contribution in [1.82, 2.24) is 24.4 Å². The number of likely N-dealkylation sites (N-methyl/N-ethyl adjacent to an activating group) is 1. The van der Waals surface area contributed by atoms with Crippen molar-refractivity contribution in [1.29, 1.82) is 0 Å². The van der Waals surface area contributed by atoms with Gasteiger partial charge in [-0.25, -0.2) is 19.3 Å². The summed E-state index contributed by atoms with van der Waals surface area (Å²) >= 11 is 6.48. The molecule has 36 heavy (non-hydrogen) atoms. The maximum absolute atomic E-state index is 15.3. The van der Waals surface area contributed by atoms with Gasteiger partial charge in [-0.3, -0.25) is 4.90 Å². The normalized spacial score (nSPS) is 21.5. The number of hydrogen-bond acceptors (Lipinski definition) is 7. The molecule has 1 fully saturated rings. The van der Waals surface area contributed by atoms with Gasteiger partial charge in [0, 0.05) is 24.2 Å². The first-order valence-electron chi connectivity index (χ1n) is 12.6. The molecule has 4 rings (SSSR count). The summed E-state index contributed by atoms with van der Waals surface area (Å²) in [5.74, 6) is 0.190. The van der Waals surface area contributed by atoms with Crippen LogP contribution in [-0.4, -0.2) is 65.9 Å². The van der Waals surface area contributed by atoms with Crippen molar-refractivity contribution in [2.24, 2.45) is 0 Å². The van der Waals surface area contributed by atoms with Gasteiger partial charge in [-0.15, -0.1) is 0 Å². The highest BCUT2D eigenvalue weighted by Gasteiger charge is 2.35. The molecule has 3 N–H and O–H groups in total. The lowest BCUT2D eigenvalue weighted by Gasteiger charge is -2.42. The van der Waals surface area contributed by atoms with Crippen LogP contribution >= 0.6 is 11.6 Å². The van der Waals surface area contributed by atoms with Crippen LogP contribution in [-0.2, 0) is 5.60 Å². The number of anilines is 1. The minimum Gasteiger partial charge on any atom is -0.389 e. The van der Waals surface area contributed by atoms with Crippen molar-refractivity contribution in [3.8, 4) is 11.3 Å². The summed E-state index contributed by atoms with van der Waals surface area (Å²) in [6.45, 7) is 13.1. The Kier molecular flexibility index (Phi) is 7.57. The second kappa shape index (κ2) is 10.2. The number of likely N-dealkylation sites (tertiary alicyclic amines) is 1. The number of fused-ring (bicyclic) bond motifs is 1. The number of aliphatic hydroxyl groups is 2. The molecular formula is C26H36ClFN6O2. The molecule has 1 aliphatic rings. The predicted octanol–water partition coefficient (Wildman–Crippen LogP) is 4.74. The number of hydrogen-bond donors (Lipinski definition) is 3. The summed E-state index contributed by atoms with van der Waals surface area (Å²) in [7, 11) is 0. The first kappa shape index (κ1) is 26.7. The third-order valence-electron chi connectivity index (χ3n) is 6.97. The molecule has 3 heterocycles. The highest BCUT2D eigenvalue weighted by molar-refractivity contribution is 6.33. The molecule has 3 atom stereocenters. The molecule has 8 nitrogen and oxygen atoms in total. The maximum Gasteiger partial charge on any atom is 0.223 e. The van der Waals surface area contributed by atoms with Crippen molar-refractivity contribution in [3.63, 3.8) is 0 Å². The Morgan fingerprint density at radius 1 is 1.25 bits per heavy atom. The third-order valence-corrected chi connectivity index (χ3v) is 7.25. The molecule has 0 amide bonds. The van der Waals surface area contributed by atoms with Gasteiger partial charge >= 0.3 is 0 Å². The Labute approximate surface area is 216 Å². The molecule has 10 heteroatoms. The summed E-state index contributed by atoms with van der Waals surface area (Å²) in [5, 5.41) is 25.2. The smallest absolute Gasteiger partial charge is 0.223 e. The summed E-state index contributed by atoms with van der Waals surface area (Å²) < 4.78 is 17.1. The molecule has 0 saturated carbocycles. The van der Waals surface area contributed by atoms with Gasteiger partial charge in [0.2, 0.25) is 5.95 Å². The topological polar surface area (TPSA) is 99.3 Å². The van der Waals surface area contributed by atoms with Crippen LogP contribution in [0.5, 0.6) is 0 Å². The number of benzene rings is 1. The van der Waals surface area contributed by atoms with E-state index in [4.69, 9.17) is 11.6 Å². The molecule has 0 aliphatic carbocycles. The van der Waals surface area contributed by atoms with Crippen LogP contribution in [0.15, 0.2) is 18.3 Å². The number of piperidine rings is 1. The fourth-order valence-corrected chi connectivity index (χ4v) is 5.42. The summed E-state index contributed by atoms with van der Waals surface area (Å²) in [5.41, 5.74) is 0.347. The highest BCUT2D eigenvalue weighted by Crippen LogP contribution is 2.35. The molecule has 1 aliphatic heterocycles. The lowest BCUT2D eigenvalue weighted by atomic mass is 9.92. The van der Waals surface area contributed by atoms with E-state index in [1.807, 2.05) is 18.4 Å². The van der Waals surface area contributed by atoms with Crippen molar-refractivity contribution < 1.29 is 14.6 Å². The van der Waals surface area contributed by atoms with E-state index in [-0.39, 0.29) is 28.7 Å². The molecule has 1 unspecified atom stereocenters. The second-order valence-electron chi connectivity index (χ2n) is 10.3. The first-order valence-corrected chi connectivity index (χ1v) is 13.0. The zero-order valence-corrected chi connectivity index (χ0v) is 22.5. The fourth-order valence-electron chi connectivity index (χ4n) is 5.22. The molecule has 2 aromatic heterocycles. The first-order chi connectivity index (χ1) is 17.0. The summed E-state index contributed by atoms with van der Waals surface area (Å²) in [6, 6.07) is 2.94. The number of nitrogens with zero attached hydrogens (tertiary/aromatic N) is 5. The molecule has 3 aromatic rings. The Balaban J connectivity index is 1.73. The zero-order chi connectivity index (χ0) is 26.4. The minimum atomic E-state index is -1.25. The molecule has 0 bridgehead atoms. The van der Waals surface area contributed by atoms with E-state index in [0.717, 1.165) is 25.9 Å². The van der Waals surface area contributed by atoms with Crippen LogP contribution in [0, 0.1) is 5.82 Å². The van der Waals surface area contributed by atoms with Crippen LogP contribution in [0.2, 0.25) is 5.02 Å². The number of imidazole rings is 1. The average molecular weight is 519 g/mol. The highest BCUT2D eigenvalue weighted by atomic mass is 35.5. The van der Waals surface area contributed by atoms with Gasteiger partial charge in [0.25, 0.3) is 0 Å². The van der Waals surface area contributed by atoms with E-state index in [2.05, 4.69) is 39.0 Å². The lowest BCUT2D eigenvalue weighted by molar-refractivity contribution is 0.00297. The number of nitrogens with one attached hydrogen (secondary N) is 1. The molecule has 1 aromatic carbocycles. The number of aliphatic hydroxyl groups excluding tert-OH is 1. The number of halogens is 2. The van der Waals surface area contributed by atoms with Gasteiger partial charge in [-0.05, 0) is 59.2 Å². The SMILES string of the molecule is CCC1[C@H](O)[C@@H](Nc2ncc(Cl)c(-c3cc(F)c4nc(C(C)(C)O)n(C(C)C)c4c3)n2)CCN1CC. The van der Waals surface area contributed by atoms with Crippen LogP contribution in [0.3, 0.4) is 0 Å². The van der Waals surface area contributed by atoms with Crippen molar-refractivity contribution in [2.75, 3.05) is 18.4 Å². The minimum absolute atomic E-state index is 0.0609. The van der Waals surface area contributed by atoms with Crippen LogP contribution in [0.4, 0.5) is 10.3 Å². The van der Waals surface area contributed by atoms with Gasteiger partial charge < -0.3 is 20.1 Å². The van der Waals surface area contributed by atoms with E-state index >= 15 is 4.39 Å². The summed E-state index contributed by atoms with van der Waals surface area (Å²) in [4.78, 5) is 15.6. The Morgan fingerprint density at radius 3 is 2.58 bits per heavy atom. The van der Waals surface area contributed by atoms with E-state index in [9.17, 15) is 10.2 Å². The van der Waals surface area contributed by atoms with Crippen molar-refractivity contribution in [2.45, 2.75) is 84.2 Å². The monoisotopic (exact) mass is 518 g/mol. The molecule has 0 spiro atoms. The van der Waals surface area contributed by atoms with E-state index in [0.29, 0.717) is 28.5 Å². The molecule has 1 saturated heterocycles. The van der Waals surface area contributed by atoms with Crippen molar-refractivity contribution in [3.05, 3.63) is 35.0 Å². The van der Waals surface area contributed by atoms with Crippen molar-refractivity contribution >= 4 is 28.6 Å². The standard InChI is InChI=1S/C26H36ClFN6O2/c1-7-19-23(35)18(9-10-33(19)8-2)30-25-29-13-16(27)21(32-25)15-11-17(28)22-20(12-15)34(14(3)4)24(31-22)26(5,6)36/h11-14,18-19,23,35-36H,7-10H2,1-6H3,(H,29,30,32)/t18-,19?,23+/m0/s1.